The van der Waals surface area contributed by atoms with Gasteiger partial charge < -0.3 is 14.7 Å². The summed E-state index contributed by atoms with van der Waals surface area (Å²) in [6.07, 6.45) is 6.74. The van der Waals surface area contributed by atoms with E-state index in [4.69, 9.17) is 0 Å². The Morgan fingerprint density at radius 3 is 2.71 bits per heavy atom. The minimum Gasteiger partial charge on any atom is -0.345 e. The van der Waals surface area contributed by atoms with Gasteiger partial charge >= 0.3 is 0 Å². The number of amides is 2. The van der Waals surface area contributed by atoms with Crippen LogP contribution in [0.2, 0.25) is 0 Å². The van der Waals surface area contributed by atoms with Crippen molar-refractivity contribution in [1.82, 2.24) is 14.7 Å². The second kappa shape index (κ2) is 8.64. The molecule has 1 aromatic carbocycles. The monoisotopic (exact) mass is 383 g/mol. The molecule has 152 valence electrons. The summed E-state index contributed by atoms with van der Waals surface area (Å²) < 4.78 is 0. The molecule has 0 saturated carbocycles. The van der Waals surface area contributed by atoms with Gasteiger partial charge in [0.15, 0.2) is 0 Å². The van der Waals surface area contributed by atoms with Gasteiger partial charge in [0.2, 0.25) is 11.8 Å². The van der Waals surface area contributed by atoms with Crippen LogP contribution in [0.3, 0.4) is 0 Å². The van der Waals surface area contributed by atoms with Crippen LogP contribution >= 0.6 is 0 Å². The second-order valence-electron chi connectivity index (χ2n) is 8.88. The van der Waals surface area contributed by atoms with Crippen LogP contribution in [0.4, 0.5) is 0 Å². The Labute approximate surface area is 168 Å². The summed E-state index contributed by atoms with van der Waals surface area (Å²) in [6.45, 7) is 4.45. The molecule has 4 rings (SSSR count). The molecule has 3 aliphatic heterocycles. The average molecular weight is 384 g/mol. The lowest BCUT2D eigenvalue weighted by Gasteiger charge is -2.45. The molecule has 28 heavy (non-hydrogen) atoms. The van der Waals surface area contributed by atoms with Gasteiger partial charge in [0.25, 0.3) is 0 Å². The van der Waals surface area contributed by atoms with Crippen molar-refractivity contribution >= 4 is 11.8 Å². The lowest BCUT2D eigenvalue weighted by Crippen LogP contribution is -2.51. The Morgan fingerprint density at radius 2 is 1.89 bits per heavy atom. The fourth-order valence-corrected chi connectivity index (χ4v) is 5.44. The van der Waals surface area contributed by atoms with Crippen LogP contribution < -0.4 is 0 Å². The summed E-state index contributed by atoms with van der Waals surface area (Å²) >= 11 is 0. The molecule has 3 heterocycles. The van der Waals surface area contributed by atoms with E-state index in [0.29, 0.717) is 31.5 Å². The van der Waals surface area contributed by atoms with Gasteiger partial charge in [-0.2, -0.15) is 0 Å². The molecule has 0 spiro atoms. The number of fused-ring (bicyclic) bond motifs is 1. The highest BCUT2D eigenvalue weighted by atomic mass is 16.2. The largest absolute Gasteiger partial charge is 0.345 e. The minimum atomic E-state index is -0.188. The molecule has 3 atom stereocenters. The number of hydrogen-bond donors (Lipinski definition) is 0. The standard InChI is InChI=1S/C23H33N3O2/c1-24(16-19-10-7-13-25-12-6-5-11-21(19)25)23(28)20-14-22(27)26(17-20)15-18-8-3-2-4-9-18/h2-4,8-9,19-21H,5-7,10-17H2,1H3/t19-,20-,21-/m0/s1. The van der Waals surface area contributed by atoms with Gasteiger partial charge in [-0.1, -0.05) is 36.8 Å². The van der Waals surface area contributed by atoms with E-state index in [-0.39, 0.29) is 17.7 Å². The summed E-state index contributed by atoms with van der Waals surface area (Å²) in [5, 5.41) is 0. The summed E-state index contributed by atoms with van der Waals surface area (Å²) in [5.41, 5.74) is 1.12. The van der Waals surface area contributed by atoms with Gasteiger partial charge in [-0.15, -0.1) is 0 Å². The Balaban J connectivity index is 1.33. The third kappa shape index (κ3) is 4.24. The van der Waals surface area contributed by atoms with E-state index in [1.807, 2.05) is 47.2 Å². The van der Waals surface area contributed by atoms with Crippen LogP contribution in [0.25, 0.3) is 0 Å². The zero-order valence-corrected chi connectivity index (χ0v) is 17.1. The normalized spacial score (nSPS) is 28.2. The fourth-order valence-electron chi connectivity index (χ4n) is 5.44. The molecule has 0 radical (unpaired) electrons. The predicted octanol–water partition coefficient (Wildman–Crippen LogP) is 2.76. The molecule has 5 nitrogen and oxygen atoms in total. The lowest BCUT2D eigenvalue weighted by molar-refractivity contribution is -0.135. The molecule has 0 aliphatic carbocycles. The zero-order chi connectivity index (χ0) is 19.5. The molecule has 0 N–H and O–H groups in total. The van der Waals surface area contributed by atoms with E-state index >= 15 is 0 Å². The highest BCUT2D eigenvalue weighted by Gasteiger charge is 2.38. The maximum absolute atomic E-state index is 13.1. The number of carbonyl (C=O) groups excluding carboxylic acids is 2. The quantitative estimate of drug-likeness (QED) is 0.785. The molecule has 2 amide bonds. The van der Waals surface area contributed by atoms with Crippen molar-refractivity contribution < 1.29 is 9.59 Å². The summed E-state index contributed by atoms with van der Waals surface area (Å²) in [4.78, 5) is 31.9. The molecular formula is C23H33N3O2. The highest BCUT2D eigenvalue weighted by molar-refractivity contribution is 5.89. The number of nitrogens with zero attached hydrogens (tertiary/aromatic N) is 3. The first kappa shape index (κ1) is 19.4. The molecule has 5 heteroatoms. The van der Waals surface area contributed by atoms with Crippen LogP contribution in [0.1, 0.15) is 44.1 Å². The molecule has 0 aromatic heterocycles. The van der Waals surface area contributed by atoms with Crippen LogP contribution in [0.5, 0.6) is 0 Å². The Morgan fingerprint density at radius 1 is 1.11 bits per heavy atom. The molecule has 1 aromatic rings. The number of benzene rings is 1. The van der Waals surface area contributed by atoms with Crippen LogP contribution in [0, 0.1) is 11.8 Å². The second-order valence-corrected chi connectivity index (χ2v) is 8.88. The predicted molar refractivity (Wildman–Crippen MR) is 110 cm³/mol. The number of carbonyl (C=O) groups is 2. The van der Waals surface area contributed by atoms with Crippen LogP contribution in [-0.4, -0.2) is 65.8 Å². The van der Waals surface area contributed by atoms with Gasteiger partial charge in [-0.05, 0) is 50.3 Å². The maximum atomic E-state index is 13.1. The van der Waals surface area contributed by atoms with Crippen LogP contribution in [0.15, 0.2) is 30.3 Å². The summed E-state index contributed by atoms with van der Waals surface area (Å²) in [7, 11) is 1.94. The van der Waals surface area contributed by atoms with Gasteiger partial charge in [0.05, 0.1) is 5.92 Å². The first-order valence-electron chi connectivity index (χ1n) is 10.9. The van der Waals surface area contributed by atoms with Crippen molar-refractivity contribution in [2.24, 2.45) is 11.8 Å². The van der Waals surface area contributed by atoms with E-state index in [9.17, 15) is 9.59 Å². The van der Waals surface area contributed by atoms with E-state index in [0.717, 1.165) is 12.1 Å². The minimum absolute atomic E-state index is 0.103. The van der Waals surface area contributed by atoms with E-state index in [1.165, 1.54) is 45.2 Å². The number of hydrogen-bond acceptors (Lipinski definition) is 3. The first-order chi connectivity index (χ1) is 13.6. The van der Waals surface area contributed by atoms with Crippen molar-refractivity contribution in [3.8, 4) is 0 Å². The van der Waals surface area contributed by atoms with Crippen molar-refractivity contribution in [2.75, 3.05) is 33.2 Å². The molecule has 0 bridgehead atoms. The topological polar surface area (TPSA) is 43.9 Å². The summed E-state index contributed by atoms with van der Waals surface area (Å²) in [6, 6.07) is 10.7. The van der Waals surface area contributed by atoms with Crippen molar-refractivity contribution in [3.05, 3.63) is 35.9 Å². The third-order valence-electron chi connectivity index (χ3n) is 6.89. The SMILES string of the molecule is CN(C[C@@H]1CCCN2CCCC[C@@H]12)C(=O)[C@H]1CC(=O)N(Cc2ccccc2)C1. The Bertz CT molecular complexity index is 690. The van der Waals surface area contributed by atoms with Crippen molar-refractivity contribution in [1.29, 1.82) is 0 Å². The Hall–Kier alpha value is -1.88. The fraction of sp³-hybridized carbons (Fsp3) is 0.652. The number of rotatable bonds is 5. The van der Waals surface area contributed by atoms with Gasteiger partial charge in [-0.25, -0.2) is 0 Å². The molecule has 3 saturated heterocycles. The number of likely N-dealkylation sites (tertiary alicyclic amines) is 1. The third-order valence-corrected chi connectivity index (χ3v) is 6.89. The van der Waals surface area contributed by atoms with Gasteiger partial charge in [-0.3, -0.25) is 9.59 Å². The first-order valence-corrected chi connectivity index (χ1v) is 10.9. The Kier molecular flexibility index (Phi) is 6.00. The highest BCUT2D eigenvalue weighted by Crippen LogP contribution is 2.32. The van der Waals surface area contributed by atoms with Gasteiger partial charge in [0.1, 0.15) is 0 Å². The van der Waals surface area contributed by atoms with E-state index in [1.54, 1.807) is 0 Å². The maximum Gasteiger partial charge on any atom is 0.227 e. The van der Waals surface area contributed by atoms with Gasteiger partial charge in [0, 0.05) is 39.1 Å². The molecule has 3 fully saturated rings. The summed E-state index contributed by atoms with van der Waals surface area (Å²) in [5.74, 6) is 0.649. The average Bonchev–Trinajstić information content (AvgIpc) is 3.08. The zero-order valence-electron chi connectivity index (χ0n) is 17.1. The van der Waals surface area contributed by atoms with E-state index in [2.05, 4.69) is 4.90 Å². The van der Waals surface area contributed by atoms with Crippen molar-refractivity contribution in [2.45, 2.75) is 51.1 Å². The van der Waals surface area contributed by atoms with Crippen molar-refractivity contribution in [3.63, 3.8) is 0 Å². The van der Waals surface area contributed by atoms with E-state index < -0.39 is 0 Å². The molecule has 3 aliphatic rings. The smallest absolute Gasteiger partial charge is 0.227 e. The molecule has 0 unspecified atom stereocenters. The molecular weight excluding hydrogens is 350 g/mol. The van der Waals surface area contributed by atoms with Crippen LogP contribution in [-0.2, 0) is 16.1 Å². The lowest BCUT2D eigenvalue weighted by atomic mass is 9.83. The number of piperidine rings is 2.